The molecule has 0 spiro atoms. The summed E-state index contributed by atoms with van der Waals surface area (Å²) >= 11 is 5.55. The number of hydrogen-bond donors (Lipinski definition) is 4. The maximum absolute atomic E-state index is 12.2. The van der Waals surface area contributed by atoms with Crippen molar-refractivity contribution in [3.05, 3.63) is 188 Å². The Labute approximate surface area is 614 Å². The lowest BCUT2D eigenvalue weighted by Gasteiger charge is -2.19. The Morgan fingerprint density at radius 1 is 0.476 bits per heavy atom. The van der Waals surface area contributed by atoms with Gasteiger partial charge in [0.05, 0.1) is 7.11 Å². The maximum Gasteiger partial charge on any atom is 0.251 e. The van der Waals surface area contributed by atoms with Gasteiger partial charge in [-0.1, -0.05) is 48.5 Å². The fourth-order valence-electron chi connectivity index (χ4n) is 10.2. The molecule has 30 nitrogen and oxygen atoms in total. The average Bonchev–Trinajstić information content (AvgIpc) is 1.86. The molecule has 2 aliphatic heterocycles. The summed E-state index contributed by atoms with van der Waals surface area (Å²) in [5.74, 6) is 6.36. The molecule has 8 aromatic heterocycles. The minimum atomic E-state index is -0.130. The summed E-state index contributed by atoms with van der Waals surface area (Å²) in [5, 5.41) is 16.9. The van der Waals surface area contributed by atoms with Gasteiger partial charge >= 0.3 is 0 Å². The minimum Gasteiger partial charge on any atom is -0.496 e. The van der Waals surface area contributed by atoms with Crippen molar-refractivity contribution in [2.75, 3.05) is 127 Å². The summed E-state index contributed by atoms with van der Waals surface area (Å²) in [7, 11) is 9.81. The fourth-order valence-corrected chi connectivity index (χ4v) is 12.8. The summed E-state index contributed by atoms with van der Waals surface area (Å²) in [6, 6.07) is 28.0. The Morgan fingerprint density at radius 2 is 0.903 bits per heavy atom. The molecule has 0 radical (unpaired) electrons. The van der Waals surface area contributed by atoms with Crippen LogP contribution in [0.5, 0.6) is 28.7 Å². The van der Waals surface area contributed by atoms with Crippen LogP contribution >= 0.6 is 46.1 Å². The van der Waals surface area contributed by atoms with E-state index in [9.17, 15) is 4.79 Å². The molecular formula is C69H84N24O6S4. The van der Waals surface area contributed by atoms with Gasteiger partial charge in [-0.15, -0.1) is 0 Å². The molecule has 14 rings (SSSR count). The molecule has 4 N–H and O–H groups in total. The number of carbonyl (C=O) groups excluding carboxylic acids is 1. The van der Waals surface area contributed by atoms with Crippen LogP contribution in [0, 0.1) is 6.92 Å². The number of anilines is 4. The van der Waals surface area contributed by atoms with Crippen molar-refractivity contribution in [3.63, 3.8) is 0 Å². The van der Waals surface area contributed by atoms with Crippen LogP contribution in [0.15, 0.2) is 160 Å². The molecule has 4 aromatic carbocycles. The van der Waals surface area contributed by atoms with E-state index in [1.807, 2.05) is 76.5 Å². The van der Waals surface area contributed by atoms with Gasteiger partial charge in [-0.25, -0.2) is 19.9 Å². The third-order valence-corrected chi connectivity index (χ3v) is 19.1. The highest BCUT2D eigenvalue weighted by atomic mass is 32.1. The van der Waals surface area contributed by atoms with Crippen molar-refractivity contribution in [2.45, 2.75) is 52.2 Å². The van der Waals surface area contributed by atoms with Crippen molar-refractivity contribution < 1.29 is 28.5 Å². The van der Waals surface area contributed by atoms with Gasteiger partial charge in [-0.2, -0.15) is 37.4 Å². The molecule has 0 atom stereocenters. The molecule has 540 valence electrons. The number of aromatic nitrogens is 16. The van der Waals surface area contributed by atoms with E-state index in [0.717, 1.165) is 129 Å². The molecule has 2 aliphatic rings. The van der Waals surface area contributed by atoms with Crippen molar-refractivity contribution in [2.24, 2.45) is 0 Å². The number of fused-ring (bicyclic) bond motifs is 2. The lowest BCUT2D eigenvalue weighted by Crippen LogP contribution is -2.28. The van der Waals surface area contributed by atoms with Crippen LogP contribution in [-0.4, -0.2) is 189 Å². The zero-order valence-corrected chi connectivity index (χ0v) is 61.5. The van der Waals surface area contributed by atoms with Crippen LogP contribution in [0.2, 0.25) is 0 Å². The van der Waals surface area contributed by atoms with Gasteiger partial charge in [0, 0.05) is 187 Å². The van der Waals surface area contributed by atoms with Gasteiger partial charge in [0.2, 0.25) is 51.1 Å². The Balaban J connectivity index is 0.000000138. The van der Waals surface area contributed by atoms with Gasteiger partial charge in [-0.05, 0) is 105 Å². The summed E-state index contributed by atoms with van der Waals surface area (Å²) in [4.78, 5) is 54.8. The molecule has 0 saturated heterocycles. The molecule has 0 aliphatic carbocycles. The van der Waals surface area contributed by atoms with E-state index in [0.29, 0.717) is 60.6 Å². The molecule has 0 unspecified atom stereocenters. The molecule has 12 aromatic rings. The molecule has 103 heavy (non-hydrogen) atoms. The fraction of sp³-hybridized carbons (Fsp3) is 0.348. The number of nitrogens with one attached hydrogen (secondary N) is 4. The quantitative estimate of drug-likeness (QED) is 0.0286. The van der Waals surface area contributed by atoms with Crippen molar-refractivity contribution in [1.29, 1.82) is 0 Å². The summed E-state index contributed by atoms with van der Waals surface area (Å²) in [5.41, 5.74) is 5.46. The second-order valence-electron chi connectivity index (χ2n) is 23.6. The smallest absolute Gasteiger partial charge is 0.251 e. The molecule has 0 fully saturated rings. The van der Waals surface area contributed by atoms with Crippen LogP contribution in [0.4, 0.5) is 20.5 Å². The number of hydrogen-bond acceptors (Lipinski definition) is 29. The van der Waals surface area contributed by atoms with Gasteiger partial charge in [0.1, 0.15) is 44.3 Å². The number of rotatable bonds is 32. The van der Waals surface area contributed by atoms with E-state index < -0.39 is 0 Å². The third kappa shape index (κ3) is 22.0. The number of benzene rings is 4. The van der Waals surface area contributed by atoms with E-state index in [4.69, 9.17) is 23.7 Å². The summed E-state index contributed by atoms with van der Waals surface area (Å²) in [6.45, 7) is 12.9. The highest BCUT2D eigenvalue weighted by Gasteiger charge is 2.19. The van der Waals surface area contributed by atoms with Crippen LogP contribution in [-0.2, 0) is 19.6 Å². The number of imidazole rings is 4. The molecular weight excluding hydrogens is 1390 g/mol. The second-order valence-corrected chi connectivity index (χ2v) is 26.5. The van der Waals surface area contributed by atoms with E-state index in [-0.39, 0.29) is 12.7 Å². The number of nitrogens with zero attached hydrogens (tertiary/aromatic N) is 20. The largest absolute Gasteiger partial charge is 0.496 e. The molecule has 0 saturated carbocycles. The summed E-state index contributed by atoms with van der Waals surface area (Å²) < 4.78 is 51.8. The molecule has 34 heteroatoms. The Kier molecular flexibility index (Phi) is 27.6. The van der Waals surface area contributed by atoms with Gasteiger partial charge in [-0.3, -0.25) is 23.1 Å². The monoisotopic (exact) mass is 1470 g/mol. The first-order valence-electron chi connectivity index (χ1n) is 33.5. The molecule has 10 heterocycles. The van der Waals surface area contributed by atoms with Crippen LogP contribution in [0.3, 0.4) is 0 Å². The van der Waals surface area contributed by atoms with Crippen LogP contribution < -0.4 is 64.6 Å². The highest BCUT2D eigenvalue weighted by molar-refractivity contribution is 7.10. The SMILES string of the molecule is CN(CCCNC(=O)c1ccc2c(c1)OCO2)c1nc(-n2ccnc2)ns1.CN(CCCNCc1ccc2c(c1)OCCO2)c1nc(-n2ccnc2)ns1.CN(CCCNCc1ccccc1)c1nc(-n2ccnc2)ns1.COc1cc(C)ccc1CNCCCN(C)c1nc(-n2ccnc2)ns1. The first kappa shape index (κ1) is 73.7. The van der Waals surface area contributed by atoms with Gasteiger partial charge in [0.15, 0.2) is 23.0 Å². The van der Waals surface area contributed by atoms with E-state index in [1.165, 1.54) is 68.4 Å². The molecule has 0 bridgehead atoms. The van der Waals surface area contributed by atoms with Crippen LogP contribution in [0.1, 0.15) is 58.3 Å². The standard InChI is InChI=1S/C18H22N6O2S.C18H24N6OS.C17H18N6O3S.C16H20N6S/c1-23(18-21-17(22-27-18)24-8-6-20-13-24)7-2-5-19-12-14-3-4-15-16(11-14)26-10-9-25-15;1-14-5-6-15(16(11-14)25-3)12-19-7-4-9-23(2)18-21-17(22-26-18)24-10-8-20-13-24;1-22(17-20-16(21-27-17)23-8-6-18-10-23)7-2-5-19-15(24)12-3-4-13-14(9-12)26-11-25-13;1-21(10-5-8-17-12-14-6-3-2-4-7-14)16-19-15(20-23-16)22-11-9-18-13-22/h3-4,6,8,11,13,19H,2,5,7,9-10,12H2,1H3;5-6,8,10-11,13,19H,4,7,9,12H2,1-3H3;3-4,6,8-10H,2,5,7,11H2,1H3,(H,19,24);2-4,6-7,9,11,13,17H,5,8,10,12H2,1H3. The number of amides is 1. The Hall–Kier alpha value is -10.5. The number of aryl methyl sites for hydroxylation is 1. The molecule has 1 amide bonds. The number of carbonyl (C=O) groups is 1. The Morgan fingerprint density at radius 3 is 1.38 bits per heavy atom. The zero-order chi connectivity index (χ0) is 71.4. The van der Waals surface area contributed by atoms with Crippen LogP contribution in [0.25, 0.3) is 23.8 Å². The predicted octanol–water partition coefficient (Wildman–Crippen LogP) is 8.82. The van der Waals surface area contributed by atoms with Gasteiger partial charge in [0.25, 0.3) is 5.91 Å². The number of methoxy groups -OCH3 is 1. The van der Waals surface area contributed by atoms with Gasteiger partial charge < -0.3 is 64.6 Å². The van der Waals surface area contributed by atoms with E-state index >= 15 is 0 Å². The first-order valence-corrected chi connectivity index (χ1v) is 36.6. The zero-order valence-electron chi connectivity index (χ0n) is 58.3. The topological polar surface area (TPSA) is 299 Å². The Bertz CT molecular complexity index is 4420. The lowest BCUT2D eigenvalue weighted by atomic mass is 10.1. The predicted molar refractivity (Wildman–Crippen MR) is 401 cm³/mol. The van der Waals surface area contributed by atoms with Crippen molar-refractivity contribution >= 4 is 72.6 Å². The maximum atomic E-state index is 12.2. The number of ether oxygens (including phenoxy) is 5. The van der Waals surface area contributed by atoms with Crippen molar-refractivity contribution in [3.8, 4) is 52.5 Å². The summed E-state index contributed by atoms with van der Waals surface area (Å²) in [6.07, 6.45) is 24.8. The van der Waals surface area contributed by atoms with E-state index in [1.54, 1.807) is 86.2 Å². The second kappa shape index (κ2) is 38.5. The highest BCUT2D eigenvalue weighted by Crippen LogP contribution is 2.33. The lowest BCUT2D eigenvalue weighted by molar-refractivity contribution is 0.0953. The third-order valence-electron chi connectivity index (χ3n) is 15.9. The minimum absolute atomic E-state index is 0.130. The van der Waals surface area contributed by atoms with E-state index in [2.05, 4.69) is 156 Å². The normalized spacial score (nSPS) is 11.7. The first-order chi connectivity index (χ1) is 50.5. The van der Waals surface area contributed by atoms with Crippen molar-refractivity contribution in [1.82, 2.24) is 96.9 Å². The average molecular weight is 1470 g/mol.